The van der Waals surface area contributed by atoms with Gasteiger partial charge in [0.25, 0.3) is 5.91 Å². The Hall–Kier alpha value is -2.63. The van der Waals surface area contributed by atoms with E-state index in [1.807, 2.05) is 13.8 Å². The summed E-state index contributed by atoms with van der Waals surface area (Å²) in [6.45, 7) is 9.81. The van der Waals surface area contributed by atoms with Crippen LogP contribution in [0.25, 0.3) is 0 Å². The Morgan fingerprint density at radius 1 is 1.15 bits per heavy atom. The van der Waals surface area contributed by atoms with Crippen molar-refractivity contribution in [1.29, 1.82) is 0 Å². The van der Waals surface area contributed by atoms with Gasteiger partial charge >= 0.3 is 0 Å². The SMILES string of the molecule is CCC(C)NC(=O)c1cnc(N2CCN(c3cccc(C)c3)CC2)cn1. The van der Waals surface area contributed by atoms with Crippen molar-refractivity contribution in [1.82, 2.24) is 15.3 Å². The van der Waals surface area contributed by atoms with Gasteiger partial charge in [-0.1, -0.05) is 19.1 Å². The van der Waals surface area contributed by atoms with Crippen molar-refractivity contribution in [3.63, 3.8) is 0 Å². The standard InChI is InChI=1S/C20H27N5O/c1-4-16(3)23-20(26)18-13-22-19(14-21-18)25-10-8-24(9-11-25)17-7-5-6-15(2)12-17/h5-7,12-14,16H,4,8-11H2,1-3H3,(H,23,26). The molecule has 1 saturated heterocycles. The molecule has 0 radical (unpaired) electrons. The molecule has 1 unspecified atom stereocenters. The van der Waals surface area contributed by atoms with Crippen LogP contribution in [0.15, 0.2) is 36.7 Å². The smallest absolute Gasteiger partial charge is 0.271 e. The van der Waals surface area contributed by atoms with E-state index in [0.717, 1.165) is 38.4 Å². The van der Waals surface area contributed by atoms with Crippen molar-refractivity contribution in [2.24, 2.45) is 0 Å². The number of aryl methyl sites for hydroxylation is 1. The lowest BCUT2D eigenvalue weighted by Gasteiger charge is -2.36. The average Bonchev–Trinajstić information content (AvgIpc) is 2.68. The predicted molar refractivity (Wildman–Crippen MR) is 105 cm³/mol. The molecule has 6 heteroatoms. The molecule has 1 fully saturated rings. The summed E-state index contributed by atoms with van der Waals surface area (Å²) in [7, 11) is 0. The van der Waals surface area contributed by atoms with Crippen LogP contribution in [0.5, 0.6) is 0 Å². The van der Waals surface area contributed by atoms with Crippen LogP contribution in [0.3, 0.4) is 0 Å². The first-order chi connectivity index (χ1) is 12.6. The zero-order valence-corrected chi connectivity index (χ0v) is 15.8. The van der Waals surface area contributed by atoms with Gasteiger partial charge < -0.3 is 15.1 Å². The van der Waals surface area contributed by atoms with Gasteiger partial charge in [0.2, 0.25) is 0 Å². The number of piperazine rings is 1. The fourth-order valence-corrected chi connectivity index (χ4v) is 3.02. The third kappa shape index (κ3) is 4.31. The highest BCUT2D eigenvalue weighted by Crippen LogP contribution is 2.19. The van der Waals surface area contributed by atoms with E-state index in [-0.39, 0.29) is 11.9 Å². The molecule has 1 N–H and O–H groups in total. The van der Waals surface area contributed by atoms with Crippen LogP contribution in [-0.2, 0) is 0 Å². The first-order valence-corrected chi connectivity index (χ1v) is 9.26. The zero-order valence-electron chi connectivity index (χ0n) is 15.8. The Morgan fingerprint density at radius 3 is 2.50 bits per heavy atom. The lowest BCUT2D eigenvalue weighted by Crippen LogP contribution is -2.47. The van der Waals surface area contributed by atoms with Crippen LogP contribution in [0.1, 0.15) is 36.3 Å². The third-order valence-electron chi connectivity index (χ3n) is 4.83. The van der Waals surface area contributed by atoms with Crippen LogP contribution in [0.4, 0.5) is 11.5 Å². The molecular weight excluding hydrogens is 326 g/mol. The van der Waals surface area contributed by atoms with Crippen molar-refractivity contribution in [2.45, 2.75) is 33.2 Å². The second-order valence-corrected chi connectivity index (χ2v) is 6.86. The van der Waals surface area contributed by atoms with Gasteiger partial charge in [-0.05, 0) is 38.0 Å². The number of anilines is 2. The lowest BCUT2D eigenvalue weighted by molar-refractivity contribution is 0.0934. The molecule has 1 aromatic heterocycles. The number of nitrogens with zero attached hydrogens (tertiary/aromatic N) is 4. The fourth-order valence-electron chi connectivity index (χ4n) is 3.02. The number of hydrogen-bond acceptors (Lipinski definition) is 5. The normalized spacial score (nSPS) is 15.7. The molecule has 0 bridgehead atoms. The number of aromatic nitrogens is 2. The highest BCUT2D eigenvalue weighted by Gasteiger charge is 2.19. The van der Waals surface area contributed by atoms with Gasteiger partial charge in [0.05, 0.1) is 12.4 Å². The summed E-state index contributed by atoms with van der Waals surface area (Å²) >= 11 is 0. The molecule has 1 aromatic carbocycles. The van der Waals surface area contributed by atoms with Gasteiger partial charge in [0.15, 0.2) is 0 Å². The molecular formula is C20H27N5O. The maximum absolute atomic E-state index is 12.1. The zero-order chi connectivity index (χ0) is 18.5. The van der Waals surface area contributed by atoms with Gasteiger partial charge in [0.1, 0.15) is 11.5 Å². The highest BCUT2D eigenvalue weighted by atomic mass is 16.1. The Bertz CT molecular complexity index is 738. The Kier molecular flexibility index (Phi) is 5.71. The number of rotatable bonds is 5. The summed E-state index contributed by atoms with van der Waals surface area (Å²) in [5, 5.41) is 2.91. The lowest BCUT2D eigenvalue weighted by atomic mass is 10.2. The number of carbonyl (C=O) groups is 1. The number of carbonyl (C=O) groups excluding carboxylic acids is 1. The molecule has 1 aliphatic heterocycles. The monoisotopic (exact) mass is 353 g/mol. The van der Waals surface area contributed by atoms with E-state index in [9.17, 15) is 4.79 Å². The molecule has 6 nitrogen and oxygen atoms in total. The van der Waals surface area contributed by atoms with Gasteiger partial charge in [-0.2, -0.15) is 0 Å². The van der Waals surface area contributed by atoms with Crippen molar-refractivity contribution in [3.05, 3.63) is 47.9 Å². The van der Waals surface area contributed by atoms with E-state index < -0.39 is 0 Å². The summed E-state index contributed by atoms with van der Waals surface area (Å²) < 4.78 is 0. The molecule has 0 spiro atoms. The molecule has 1 amide bonds. The summed E-state index contributed by atoms with van der Waals surface area (Å²) in [6, 6.07) is 8.74. The number of nitrogens with one attached hydrogen (secondary N) is 1. The van der Waals surface area contributed by atoms with E-state index >= 15 is 0 Å². The van der Waals surface area contributed by atoms with Crippen LogP contribution < -0.4 is 15.1 Å². The van der Waals surface area contributed by atoms with Crippen molar-refractivity contribution < 1.29 is 4.79 Å². The van der Waals surface area contributed by atoms with Crippen LogP contribution in [0, 0.1) is 6.92 Å². The molecule has 0 saturated carbocycles. The molecule has 1 aliphatic rings. The predicted octanol–water partition coefficient (Wildman–Crippen LogP) is 2.64. The van der Waals surface area contributed by atoms with Gasteiger partial charge in [-0.15, -0.1) is 0 Å². The topological polar surface area (TPSA) is 61.4 Å². The van der Waals surface area contributed by atoms with Crippen molar-refractivity contribution in [3.8, 4) is 0 Å². The van der Waals surface area contributed by atoms with Gasteiger partial charge in [-0.25, -0.2) is 9.97 Å². The summed E-state index contributed by atoms with van der Waals surface area (Å²) in [5.41, 5.74) is 2.92. The highest BCUT2D eigenvalue weighted by molar-refractivity contribution is 5.92. The largest absolute Gasteiger partial charge is 0.368 e. The molecule has 138 valence electrons. The first-order valence-electron chi connectivity index (χ1n) is 9.26. The second kappa shape index (κ2) is 8.17. The Morgan fingerprint density at radius 2 is 1.88 bits per heavy atom. The van der Waals surface area contributed by atoms with E-state index in [2.05, 4.69) is 56.3 Å². The molecule has 1 atom stereocenters. The fraction of sp³-hybridized carbons (Fsp3) is 0.450. The summed E-state index contributed by atoms with van der Waals surface area (Å²) in [4.78, 5) is 25.5. The molecule has 26 heavy (non-hydrogen) atoms. The van der Waals surface area contributed by atoms with Crippen LogP contribution >= 0.6 is 0 Å². The van der Waals surface area contributed by atoms with Gasteiger partial charge in [-0.3, -0.25) is 4.79 Å². The van der Waals surface area contributed by atoms with Gasteiger partial charge in [0, 0.05) is 37.9 Å². The van der Waals surface area contributed by atoms with E-state index in [1.165, 1.54) is 11.3 Å². The van der Waals surface area contributed by atoms with E-state index in [1.54, 1.807) is 12.4 Å². The second-order valence-electron chi connectivity index (χ2n) is 6.86. The average molecular weight is 353 g/mol. The molecule has 3 rings (SSSR count). The Balaban J connectivity index is 1.58. The van der Waals surface area contributed by atoms with E-state index in [4.69, 9.17) is 0 Å². The summed E-state index contributed by atoms with van der Waals surface area (Å²) in [5.74, 6) is 0.664. The minimum atomic E-state index is -0.164. The van der Waals surface area contributed by atoms with E-state index in [0.29, 0.717) is 5.69 Å². The quantitative estimate of drug-likeness (QED) is 0.895. The third-order valence-corrected chi connectivity index (χ3v) is 4.83. The van der Waals surface area contributed by atoms with Crippen LogP contribution in [0.2, 0.25) is 0 Å². The first kappa shape index (κ1) is 18.2. The number of hydrogen-bond donors (Lipinski definition) is 1. The van der Waals surface area contributed by atoms with Crippen molar-refractivity contribution >= 4 is 17.4 Å². The Labute approximate surface area is 155 Å². The number of benzene rings is 1. The maximum atomic E-state index is 12.1. The molecule has 2 aromatic rings. The maximum Gasteiger partial charge on any atom is 0.271 e. The number of amides is 1. The van der Waals surface area contributed by atoms with Crippen LogP contribution in [-0.4, -0.2) is 48.1 Å². The molecule has 2 heterocycles. The van der Waals surface area contributed by atoms with Crippen molar-refractivity contribution in [2.75, 3.05) is 36.0 Å². The minimum absolute atomic E-state index is 0.138. The molecule has 0 aliphatic carbocycles. The minimum Gasteiger partial charge on any atom is -0.368 e. The summed E-state index contributed by atoms with van der Waals surface area (Å²) in [6.07, 6.45) is 4.16.